The summed E-state index contributed by atoms with van der Waals surface area (Å²) in [6.45, 7) is 6.69. The normalized spacial score (nSPS) is 17.7. The average Bonchev–Trinajstić information content (AvgIpc) is 2.54. The summed E-state index contributed by atoms with van der Waals surface area (Å²) in [6, 6.07) is 11.0. The van der Waals surface area contributed by atoms with Gasteiger partial charge >= 0.3 is 0 Å². The maximum Gasteiger partial charge on any atom is 0.191 e. The zero-order chi connectivity index (χ0) is 14.9. The second-order valence-corrected chi connectivity index (χ2v) is 5.67. The molecule has 0 radical (unpaired) electrons. The maximum absolute atomic E-state index is 4.33. The van der Waals surface area contributed by atoms with Gasteiger partial charge in [0, 0.05) is 32.7 Å². The lowest BCUT2D eigenvalue weighted by molar-refractivity contribution is 0.206. The summed E-state index contributed by atoms with van der Waals surface area (Å²) in [5.41, 5.74) is 1.28. The molecule has 0 saturated carbocycles. The number of benzene rings is 1. The lowest BCUT2D eigenvalue weighted by Crippen LogP contribution is -2.48. The van der Waals surface area contributed by atoms with Crippen LogP contribution in [0.2, 0.25) is 0 Å². The molecule has 1 heterocycles. The number of nitrogens with one attached hydrogen (secondary N) is 2. The Labute approximate surface area is 128 Å². The van der Waals surface area contributed by atoms with Crippen molar-refractivity contribution in [2.75, 3.05) is 26.7 Å². The molecular weight excluding hydrogens is 260 g/mol. The summed E-state index contributed by atoms with van der Waals surface area (Å²) in [5, 5.41) is 6.95. The lowest BCUT2D eigenvalue weighted by Gasteiger charge is -2.32. The molecule has 0 aromatic heterocycles. The van der Waals surface area contributed by atoms with Crippen LogP contribution in [0.15, 0.2) is 35.3 Å². The first kappa shape index (κ1) is 15.8. The van der Waals surface area contributed by atoms with E-state index in [-0.39, 0.29) is 0 Å². The van der Waals surface area contributed by atoms with E-state index in [4.69, 9.17) is 0 Å². The van der Waals surface area contributed by atoms with E-state index in [1.54, 1.807) is 0 Å². The Morgan fingerprint density at radius 1 is 1.24 bits per heavy atom. The van der Waals surface area contributed by atoms with Crippen molar-refractivity contribution in [3.63, 3.8) is 0 Å². The fraction of sp³-hybridized carbons (Fsp3) is 0.588. The SMILES string of the molecule is CCCN1CCC(NC(=NC)NCc2ccccc2)CC1. The third-order valence-electron chi connectivity index (χ3n) is 3.99. The van der Waals surface area contributed by atoms with Crippen LogP contribution in [0, 0.1) is 0 Å². The van der Waals surface area contributed by atoms with Crippen molar-refractivity contribution in [2.45, 2.75) is 38.8 Å². The molecule has 0 bridgehead atoms. The predicted molar refractivity (Wildman–Crippen MR) is 89.5 cm³/mol. The van der Waals surface area contributed by atoms with Gasteiger partial charge in [-0.2, -0.15) is 0 Å². The molecule has 0 spiro atoms. The summed E-state index contributed by atoms with van der Waals surface area (Å²) in [5.74, 6) is 0.910. The Bertz CT molecular complexity index is 422. The Kier molecular flexibility index (Phi) is 6.54. The van der Waals surface area contributed by atoms with Gasteiger partial charge in [0.1, 0.15) is 0 Å². The van der Waals surface area contributed by atoms with E-state index < -0.39 is 0 Å². The number of piperidine rings is 1. The zero-order valence-corrected chi connectivity index (χ0v) is 13.3. The number of guanidine groups is 1. The quantitative estimate of drug-likeness (QED) is 0.645. The maximum atomic E-state index is 4.33. The highest BCUT2D eigenvalue weighted by atomic mass is 15.2. The Morgan fingerprint density at radius 3 is 2.57 bits per heavy atom. The smallest absolute Gasteiger partial charge is 0.191 e. The summed E-state index contributed by atoms with van der Waals surface area (Å²) in [6.07, 6.45) is 3.65. The van der Waals surface area contributed by atoms with Crippen LogP contribution < -0.4 is 10.6 Å². The average molecular weight is 288 g/mol. The second-order valence-electron chi connectivity index (χ2n) is 5.67. The number of rotatable bonds is 5. The standard InChI is InChI=1S/C17H28N4/c1-3-11-21-12-9-16(10-13-21)20-17(18-2)19-14-15-7-5-4-6-8-15/h4-8,16H,3,9-14H2,1-2H3,(H2,18,19,20). The van der Waals surface area contributed by atoms with E-state index in [1.807, 2.05) is 13.1 Å². The highest BCUT2D eigenvalue weighted by molar-refractivity contribution is 5.79. The molecular formula is C17H28N4. The molecule has 4 heteroatoms. The van der Waals surface area contributed by atoms with Crippen LogP contribution >= 0.6 is 0 Å². The fourth-order valence-corrected chi connectivity index (χ4v) is 2.79. The van der Waals surface area contributed by atoms with Gasteiger partial charge in [0.25, 0.3) is 0 Å². The van der Waals surface area contributed by atoms with Gasteiger partial charge in [-0.15, -0.1) is 0 Å². The third kappa shape index (κ3) is 5.38. The van der Waals surface area contributed by atoms with E-state index in [1.165, 1.54) is 44.5 Å². The molecule has 21 heavy (non-hydrogen) atoms. The van der Waals surface area contributed by atoms with Crippen LogP contribution in [-0.2, 0) is 6.54 Å². The van der Waals surface area contributed by atoms with E-state index in [0.717, 1.165) is 12.5 Å². The van der Waals surface area contributed by atoms with Gasteiger partial charge in [-0.25, -0.2) is 0 Å². The van der Waals surface area contributed by atoms with Crippen molar-refractivity contribution in [1.29, 1.82) is 0 Å². The molecule has 116 valence electrons. The van der Waals surface area contributed by atoms with Crippen molar-refractivity contribution in [3.8, 4) is 0 Å². The molecule has 0 amide bonds. The molecule has 2 N–H and O–H groups in total. The van der Waals surface area contributed by atoms with E-state index >= 15 is 0 Å². The Morgan fingerprint density at radius 2 is 1.95 bits per heavy atom. The minimum atomic E-state index is 0.542. The van der Waals surface area contributed by atoms with Gasteiger partial charge < -0.3 is 15.5 Å². The molecule has 2 rings (SSSR count). The van der Waals surface area contributed by atoms with E-state index in [9.17, 15) is 0 Å². The molecule has 1 aromatic carbocycles. The van der Waals surface area contributed by atoms with Crippen LogP contribution in [0.25, 0.3) is 0 Å². The first-order chi connectivity index (χ1) is 10.3. The van der Waals surface area contributed by atoms with Gasteiger partial charge in [-0.1, -0.05) is 37.3 Å². The highest BCUT2D eigenvalue weighted by Crippen LogP contribution is 2.10. The van der Waals surface area contributed by atoms with Crippen LogP contribution in [0.3, 0.4) is 0 Å². The van der Waals surface area contributed by atoms with Crippen LogP contribution in [0.4, 0.5) is 0 Å². The van der Waals surface area contributed by atoms with Crippen molar-refractivity contribution < 1.29 is 0 Å². The van der Waals surface area contributed by atoms with Crippen molar-refractivity contribution in [1.82, 2.24) is 15.5 Å². The Balaban J connectivity index is 1.73. The second kappa shape index (κ2) is 8.67. The number of hydrogen-bond acceptors (Lipinski definition) is 2. The highest BCUT2D eigenvalue weighted by Gasteiger charge is 2.19. The Hall–Kier alpha value is -1.55. The summed E-state index contributed by atoms with van der Waals surface area (Å²) in [4.78, 5) is 6.89. The van der Waals surface area contributed by atoms with Crippen LogP contribution in [-0.4, -0.2) is 43.6 Å². The van der Waals surface area contributed by atoms with Gasteiger partial charge in [0.05, 0.1) is 0 Å². The van der Waals surface area contributed by atoms with Crippen molar-refractivity contribution >= 4 is 5.96 Å². The van der Waals surface area contributed by atoms with Crippen molar-refractivity contribution in [2.24, 2.45) is 4.99 Å². The molecule has 4 nitrogen and oxygen atoms in total. The molecule has 0 unspecified atom stereocenters. The predicted octanol–water partition coefficient (Wildman–Crippen LogP) is 2.23. The van der Waals surface area contributed by atoms with Crippen LogP contribution in [0.1, 0.15) is 31.7 Å². The van der Waals surface area contributed by atoms with Gasteiger partial charge in [-0.05, 0) is 31.4 Å². The molecule has 0 atom stereocenters. The number of nitrogens with zero attached hydrogens (tertiary/aromatic N) is 2. The zero-order valence-electron chi connectivity index (χ0n) is 13.3. The summed E-state index contributed by atoms with van der Waals surface area (Å²) < 4.78 is 0. The molecule has 1 aliphatic rings. The molecule has 0 aliphatic carbocycles. The van der Waals surface area contributed by atoms with E-state index in [0.29, 0.717) is 6.04 Å². The number of likely N-dealkylation sites (tertiary alicyclic amines) is 1. The third-order valence-corrected chi connectivity index (χ3v) is 3.99. The first-order valence-corrected chi connectivity index (χ1v) is 8.05. The molecule has 1 aliphatic heterocycles. The topological polar surface area (TPSA) is 39.7 Å². The van der Waals surface area contributed by atoms with Crippen LogP contribution in [0.5, 0.6) is 0 Å². The van der Waals surface area contributed by atoms with E-state index in [2.05, 4.69) is 51.7 Å². The summed E-state index contributed by atoms with van der Waals surface area (Å²) >= 11 is 0. The van der Waals surface area contributed by atoms with Gasteiger partial charge in [0.2, 0.25) is 0 Å². The first-order valence-electron chi connectivity index (χ1n) is 8.05. The number of hydrogen-bond donors (Lipinski definition) is 2. The minimum Gasteiger partial charge on any atom is -0.354 e. The number of aliphatic imine (C=N–C) groups is 1. The largest absolute Gasteiger partial charge is 0.354 e. The molecule has 1 saturated heterocycles. The fourth-order valence-electron chi connectivity index (χ4n) is 2.79. The van der Waals surface area contributed by atoms with Crippen molar-refractivity contribution in [3.05, 3.63) is 35.9 Å². The minimum absolute atomic E-state index is 0.542. The lowest BCUT2D eigenvalue weighted by atomic mass is 10.1. The van der Waals surface area contributed by atoms with Gasteiger partial charge in [0.15, 0.2) is 5.96 Å². The summed E-state index contributed by atoms with van der Waals surface area (Å²) in [7, 11) is 1.84. The van der Waals surface area contributed by atoms with Gasteiger partial charge in [-0.3, -0.25) is 4.99 Å². The monoisotopic (exact) mass is 288 g/mol. The molecule has 1 aromatic rings. The molecule has 1 fully saturated rings.